The van der Waals surface area contributed by atoms with Gasteiger partial charge in [0.15, 0.2) is 0 Å². The third kappa shape index (κ3) is 14.3. The largest absolute Gasteiger partial charge is 0.443 e. The molecule has 3 aliphatic heterocycles. The number of alkyl carbamates (subject to hydrolysis) is 2. The maximum absolute atomic E-state index is 13.0. The van der Waals surface area contributed by atoms with Crippen molar-refractivity contribution in [3.05, 3.63) is 29.8 Å². The van der Waals surface area contributed by atoms with E-state index in [0.717, 1.165) is 0 Å². The Labute approximate surface area is 362 Å². The van der Waals surface area contributed by atoms with E-state index in [2.05, 4.69) is 16.0 Å². The first-order chi connectivity index (χ1) is 30.3. The Balaban J connectivity index is 1.36. The van der Waals surface area contributed by atoms with Crippen molar-refractivity contribution in [1.82, 2.24) is 16.0 Å². The highest BCUT2D eigenvalue weighted by atomic mass is 16.6. The van der Waals surface area contributed by atoms with Gasteiger partial charge in [-0.25, -0.2) is 14.4 Å². The lowest BCUT2D eigenvalue weighted by Crippen LogP contribution is -2.60. The van der Waals surface area contributed by atoms with E-state index in [1.54, 1.807) is 0 Å². The smallest absolute Gasteiger partial charge is 0.412 e. The average Bonchev–Trinajstić information content (AvgIpc) is 3.28. The molecule has 0 bridgehead atoms. The number of amides is 3. The van der Waals surface area contributed by atoms with E-state index in [4.69, 9.17) is 47.4 Å². The molecule has 0 radical (unpaired) electrons. The fourth-order valence-electron chi connectivity index (χ4n) is 7.60. The first kappa shape index (κ1) is 51.8. The number of carbonyl (C=O) groups excluding carboxylic acids is 4. The summed E-state index contributed by atoms with van der Waals surface area (Å²) in [6.45, 7) is -3.54. The summed E-state index contributed by atoms with van der Waals surface area (Å²) in [5, 5.41) is 81.6. The highest BCUT2D eigenvalue weighted by Gasteiger charge is 2.50. The van der Waals surface area contributed by atoms with Crippen molar-refractivity contribution in [3.63, 3.8) is 0 Å². The Bertz CT molecular complexity index is 1550. The first-order valence-corrected chi connectivity index (χ1v) is 20.3. The van der Waals surface area contributed by atoms with Crippen LogP contribution >= 0.6 is 0 Å². The van der Waals surface area contributed by atoms with Crippen LogP contribution in [0.1, 0.15) is 10.4 Å². The standard InChI is InChI=1S/C39H61N3O21/c1-40-37(51)62-35-23(14-54-2)33(49)26(12-45)61-30(35)19-56-15-22-31(47)25(11-44)59-28(32(22)48)18-57-16-24-34(50)27(13-46)60-29(17-55-3)36(24)63-39(53)42-9-8-41-38(52)58-21-6-4-20(10-43)5-7-21/h4-7,10,22-36,44-50H,8-9,11-19H2,1-3H3,(H,40,51)(H,41,52)(H,42,53). The fraction of sp³-hybridized carbons (Fsp3) is 0.744. The van der Waals surface area contributed by atoms with E-state index in [0.29, 0.717) is 11.8 Å². The number of aldehydes is 1. The molecule has 24 heteroatoms. The van der Waals surface area contributed by atoms with Crippen LogP contribution in [0.15, 0.2) is 24.3 Å². The molecule has 3 amide bonds. The zero-order valence-corrected chi connectivity index (χ0v) is 35.2. The van der Waals surface area contributed by atoms with Crippen molar-refractivity contribution in [2.75, 3.05) is 93.8 Å². The minimum atomic E-state index is -1.46. The maximum atomic E-state index is 13.0. The number of rotatable bonds is 22. The Morgan fingerprint density at radius 1 is 0.587 bits per heavy atom. The SMILES string of the molecule is CNC(=O)OC1C(COCC2C(O)C(CO)OC(COCC3C(O)C(CO)OC(COC)C3OC(=O)NCCNC(=O)Oc3ccc(C=O)cc3)C2O)OC(CO)C(O)C1COC. The third-order valence-corrected chi connectivity index (χ3v) is 10.9. The van der Waals surface area contributed by atoms with Gasteiger partial charge in [-0.1, -0.05) is 0 Å². The monoisotopic (exact) mass is 907 g/mol. The van der Waals surface area contributed by atoms with Crippen LogP contribution < -0.4 is 20.7 Å². The Morgan fingerprint density at radius 3 is 1.56 bits per heavy atom. The molecule has 15 unspecified atom stereocenters. The van der Waals surface area contributed by atoms with Gasteiger partial charge in [-0.05, 0) is 24.3 Å². The van der Waals surface area contributed by atoms with E-state index < -0.39 is 129 Å². The molecule has 1 aromatic carbocycles. The Kier molecular flexibility index (Phi) is 21.5. The second-order valence-electron chi connectivity index (χ2n) is 15.0. The van der Waals surface area contributed by atoms with Gasteiger partial charge in [0.2, 0.25) is 0 Å². The lowest BCUT2D eigenvalue weighted by Gasteiger charge is -2.45. The molecule has 4 rings (SSSR count). The molecule has 3 heterocycles. The summed E-state index contributed by atoms with van der Waals surface area (Å²) in [6.07, 6.45) is -16.5. The number of methoxy groups -OCH3 is 2. The van der Waals surface area contributed by atoms with Gasteiger partial charge in [0.25, 0.3) is 0 Å². The van der Waals surface area contributed by atoms with Gasteiger partial charge < -0.3 is 99.1 Å². The molecule has 15 atom stereocenters. The number of aliphatic hydroxyl groups is 7. The molecule has 24 nitrogen and oxygen atoms in total. The molecule has 358 valence electrons. The first-order valence-electron chi connectivity index (χ1n) is 20.3. The summed E-state index contributed by atoms with van der Waals surface area (Å²) in [4.78, 5) is 48.2. The van der Waals surface area contributed by atoms with Gasteiger partial charge in [-0.2, -0.15) is 0 Å². The van der Waals surface area contributed by atoms with E-state index in [1.807, 2.05) is 0 Å². The quantitative estimate of drug-likeness (QED) is 0.0395. The highest BCUT2D eigenvalue weighted by molar-refractivity contribution is 5.75. The molecule has 10 N–H and O–H groups in total. The zero-order chi connectivity index (χ0) is 46.1. The number of benzene rings is 1. The van der Waals surface area contributed by atoms with Crippen LogP contribution in [0.2, 0.25) is 0 Å². The topological polar surface area (TPSA) is 338 Å². The molecule has 3 fully saturated rings. The molecule has 0 spiro atoms. The van der Waals surface area contributed by atoms with Gasteiger partial charge >= 0.3 is 18.3 Å². The van der Waals surface area contributed by atoms with E-state index in [9.17, 15) is 54.9 Å². The summed E-state index contributed by atoms with van der Waals surface area (Å²) >= 11 is 0. The number of hydrogen-bond acceptors (Lipinski definition) is 21. The third-order valence-electron chi connectivity index (χ3n) is 10.9. The van der Waals surface area contributed by atoms with Crippen LogP contribution in [-0.4, -0.2) is 227 Å². The molecular weight excluding hydrogens is 846 g/mol. The fourth-order valence-corrected chi connectivity index (χ4v) is 7.60. The van der Waals surface area contributed by atoms with Crippen LogP contribution in [0.25, 0.3) is 0 Å². The van der Waals surface area contributed by atoms with Gasteiger partial charge in [0.05, 0.1) is 95.7 Å². The van der Waals surface area contributed by atoms with Crippen molar-refractivity contribution in [2.45, 2.75) is 73.2 Å². The number of carbonyl (C=O) groups is 4. The molecular formula is C39H61N3O21. The number of nitrogens with one attached hydrogen (secondary N) is 3. The summed E-state index contributed by atoms with van der Waals surface area (Å²) < 4.78 is 56.0. The minimum Gasteiger partial charge on any atom is -0.443 e. The summed E-state index contributed by atoms with van der Waals surface area (Å²) in [5.41, 5.74) is 0.397. The number of aliphatic hydroxyl groups excluding tert-OH is 7. The van der Waals surface area contributed by atoms with Gasteiger partial charge in [0, 0.05) is 45.8 Å². The van der Waals surface area contributed by atoms with E-state index in [-0.39, 0.29) is 58.5 Å². The van der Waals surface area contributed by atoms with Crippen LogP contribution in [0.4, 0.5) is 14.4 Å². The lowest BCUT2D eigenvalue weighted by molar-refractivity contribution is -0.247. The normalized spacial score (nSPS) is 33.1. The minimum absolute atomic E-state index is 0.0602. The molecule has 3 aliphatic rings. The Morgan fingerprint density at radius 2 is 1.03 bits per heavy atom. The maximum Gasteiger partial charge on any atom is 0.412 e. The molecule has 1 aromatic rings. The Hall–Kier alpha value is -3.86. The average molecular weight is 908 g/mol. The van der Waals surface area contributed by atoms with E-state index in [1.165, 1.54) is 45.5 Å². The van der Waals surface area contributed by atoms with Gasteiger partial charge in [-0.3, -0.25) is 4.79 Å². The highest BCUT2D eigenvalue weighted by Crippen LogP contribution is 2.33. The van der Waals surface area contributed by atoms with Gasteiger partial charge in [-0.15, -0.1) is 0 Å². The second-order valence-corrected chi connectivity index (χ2v) is 15.0. The molecule has 63 heavy (non-hydrogen) atoms. The lowest BCUT2D eigenvalue weighted by atomic mass is 9.86. The van der Waals surface area contributed by atoms with Crippen molar-refractivity contribution >= 4 is 24.6 Å². The summed E-state index contributed by atoms with van der Waals surface area (Å²) in [7, 11) is 4.10. The summed E-state index contributed by atoms with van der Waals surface area (Å²) in [5.74, 6) is -2.75. The van der Waals surface area contributed by atoms with Crippen molar-refractivity contribution < 1.29 is 102 Å². The predicted octanol–water partition coefficient (Wildman–Crippen LogP) is -3.70. The van der Waals surface area contributed by atoms with Crippen LogP contribution in [0.3, 0.4) is 0 Å². The van der Waals surface area contributed by atoms with Crippen molar-refractivity contribution in [2.24, 2.45) is 17.8 Å². The van der Waals surface area contributed by atoms with Crippen molar-refractivity contribution in [1.29, 1.82) is 0 Å². The van der Waals surface area contributed by atoms with E-state index >= 15 is 0 Å². The van der Waals surface area contributed by atoms with Crippen LogP contribution in [0, 0.1) is 17.8 Å². The molecule has 0 saturated carbocycles. The van der Waals surface area contributed by atoms with Crippen LogP contribution in [-0.2, 0) is 42.6 Å². The van der Waals surface area contributed by atoms with Crippen molar-refractivity contribution in [3.8, 4) is 5.75 Å². The molecule has 0 aromatic heterocycles. The predicted molar refractivity (Wildman–Crippen MR) is 211 cm³/mol. The van der Waals surface area contributed by atoms with Gasteiger partial charge in [0.1, 0.15) is 60.9 Å². The summed E-state index contributed by atoms with van der Waals surface area (Å²) in [6, 6.07) is 5.81. The van der Waals surface area contributed by atoms with Crippen LogP contribution in [0.5, 0.6) is 5.75 Å². The molecule has 3 saturated heterocycles. The number of ether oxygens (including phenoxy) is 10. The second kappa shape index (κ2) is 26.2. The molecule has 0 aliphatic carbocycles. The number of hydrogen-bond donors (Lipinski definition) is 10. The zero-order valence-electron chi connectivity index (χ0n) is 35.2.